The van der Waals surface area contributed by atoms with E-state index in [0.717, 1.165) is 11.3 Å². The predicted molar refractivity (Wildman–Crippen MR) is 70.6 cm³/mol. The average molecular weight is 251 g/mol. The highest BCUT2D eigenvalue weighted by molar-refractivity contribution is 5.71. The molecule has 2 N–H and O–H groups in total. The highest BCUT2D eigenvalue weighted by Gasteiger charge is 2.34. The topological polar surface area (TPSA) is 61.5 Å². The number of hydrogen-bond acceptors (Lipinski definition) is 4. The first kappa shape index (κ1) is 14.5. The van der Waals surface area contributed by atoms with Gasteiger partial charge >= 0.3 is 5.97 Å². The molecule has 1 aromatic rings. The number of ether oxygens (including phenoxy) is 2. The maximum Gasteiger partial charge on any atom is 0.306 e. The summed E-state index contributed by atoms with van der Waals surface area (Å²) in [5, 5.41) is 0. The lowest BCUT2D eigenvalue weighted by Gasteiger charge is -2.33. The standard InChI is InChI=1S/C14H21NO3/c1-10(15)14(2,9-13(16)18-4)11-5-7-12(17-3)8-6-11/h5-8,10H,9,15H2,1-4H3. The molecule has 0 aliphatic heterocycles. The van der Waals surface area contributed by atoms with E-state index in [0.29, 0.717) is 0 Å². The SMILES string of the molecule is COC(=O)CC(C)(c1ccc(OC)cc1)C(C)N. The van der Waals surface area contributed by atoms with Crippen molar-refractivity contribution in [3.8, 4) is 5.75 Å². The number of nitrogens with two attached hydrogens (primary N) is 1. The fraction of sp³-hybridized carbons (Fsp3) is 0.500. The summed E-state index contributed by atoms with van der Waals surface area (Å²) >= 11 is 0. The zero-order valence-electron chi connectivity index (χ0n) is 11.4. The molecule has 0 heterocycles. The first-order valence-electron chi connectivity index (χ1n) is 5.91. The maximum atomic E-state index is 11.5. The van der Waals surface area contributed by atoms with Crippen molar-refractivity contribution < 1.29 is 14.3 Å². The summed E-state index contributed by atoms with van der Waals surface area (Å²) in [6, 6.07) is 7.45. The zero-order chi connectivity index (χ0) is 13.8. The van der Waals surface area contributed by atoms with Crippen molar-refractivity contribution in [2.24, 2.45) is 5.73 Å². The van der Waals surface area contributed by atoms with E-state index in [2.05, 4.69) is 0 Å². The zero-order valence-corrected chi connectivity index (χ0v) is 11.4. The van der Waals surface area contributed by atoms with Crippen molar-refractivity contribution in [1.29, 1.82) is 0 Å². The normalized spacial score (nSPS) is 15.6. The Bertz CT molecular complexity index is 400. The number of carbonyl (C=O) groups excluding carboxylic acids is 1. The Morgan fingerprint density at radius 3 is 2.28 bits per heavy atom. The van der Waals surface area contributed by atoms with Crippen LogP contribution in [0.15, 0.2) is 24.3 Å². The van der Waals surface area contributed by atoms with Crippen LogP contribution in [0.1, 0.15) is 25.8 Å². The minimum absolute atomic E-state index is 0.162. The minimum Gasteiger partial charge on any atom is -0.497 e. The summed E-state index contributed by atoms with van der Waals surface area (Å²) in [7, 11) is 3.01. The Labute approximate surface area is 108 Å². The number of esters is 1. The van der Waals surface area contributed by atoms with Gasteiger partial charge in [0.25, 0.3) is 0 Å². The van der Waals surface area contributed by atoms with Crippen molar-refractivity contribution in [3.05, 3.63) is 29.8 Å². The lowest BCUT2D eigenvalue weighted by molar-refractivity contribution is -0.142. The van der Waals surface area contributed by atoms with E-state index < -0.39 is 5.41 Å². The monoisotopic (exact) mass is 251 g/mol. The van der Waals surface area contributed by atoms with Crippen LogP contribution in [-0.2, 0) is 14.9 Å². The van der Waals surface area contributed by atoms with E-state index in [1.54, 1.807) is 7.11 Å². The smallest absolute Gasteiger partial charge is 0.306 e. The fourth-order valence-electron chi connectivity index (χ4n) is 1.87. The van der Waals surface area contributed by atoms with Gasteiger partial charge in [0.15, 0.2) is 0 Å². The Morgan fingerprint density at radius 1 is 1.33 bits per heavy atom. The van der Waals surface area contributed by atoms with Crippen LogP contribution in [0.3, 0.4) is 0 Å². The van der Waals surface area contributed by atoms with E-state index in [-0.39, 0.29) is 18.4 Å². The Balaban J connectivity index is 3.06. The van der Waals surface area contributed by atoms with Gasteiger partial charge in [0.2, 0.25) is 0 Å². The largest absolute Gasteiger partial charge is 0.497 e. The van der Waals surface area contributed by atoms with Gasteiger partial charge in [-0.2, -0.15) is 0 Å². The van der Waals surface area contributed by atoms with Gasteiger partial charge in [-0.15, -0.1) is 0 Å². The van der Waals surface area contributed by atoms with Gasteiger partial charge < -0.3 is 15.2 Å². The second kappa shape index (κ2) is 5.87. The molecule has 0 aromatic heterocycles. The first-order chi connectivity index (χ1) is 8.43. The molecule has 0 spiro atoms. The molecular weight excluding hydrogens is 230 g/mol. The number of hydrogen-bond donors (Lipinski definition) is 1. The van der Waals surface area contributed by atoms with Crippen LogP contribution >= 0.6 is 0 Å². The van der Waals surface area contributed by atoms with E-state index in [1.165, 1.54) is 7.11 Å². The summed E-state index contributed by atoms with van der Waals surface area (Å²) in [4.78, 5) is 11.5. The quantitative estimate of drug-likeness (QED) is 0.811. The Kier molecular flexibility index (Phi) is 4.73. The average Bonchev–Trinajstić information content (AvgIpc) is 2.38. The number of benzene rings is 1. The molecule has 0 saturated heterocycles. The highest BCUT2D eigenvalue weighted by Crippen LogP contribution is 2.32. The van der Waals surface area contributed by atoms with Crippen molar-refractivity contribution in [2.75, 3.05) is 14.2 Å². The van der Waals surface area contributed by atoms with Crippen LogP contribution in [0.5, 0.6) is 5.75 Å². The van der Waals surface area contributed by atoms with Crippen LogP contribution < -0.4 is 10.5 Å². The fourth-order valence-corrected chi connectivity index (χ4v) is 1.87. The molecule has 0 fully saturated rings. The second-order valence-corrected chi connectivity index (χ2v) is 4.69. The van der Waals surface area contributed by atoms with Gasteiger partial charge in [-0.3, -0.25) is 4.79 Å². The molecule has 1 aromatic carbocycles. The molecular formula is C14H21NO3. The summed E-state index contributed by atoms with van der Waals surface area (Å²) < 4.78 is 9.86. The molecule has 0 amide bonds. The van der Waals surface area contributed by atoms with Crippen molar-refractivity contribution in [2.45, 2.75) is 31.7 Å². The third-order valence-corrected chi connectivity index (χ3v) is 3.49. The van der Waals surface area contributed by atoms with Gasteiger partial charge in [0.05, 0.1) is 20.6 Å². The molecule has 0 aliphatic carbocycles. The summed E-state index contributed by atoms with van der Waals surface area (Å²) in [5.41, 5.74) is 6.60. The molecule has 0 bridgehead atoms. The maximum absolute atomic E-state index is 11.5. The van der Waals surface area contributed by atoms with E-state index in [4.69, 9.17) is 15.2 Å². The molecule has 4 nitrogen and oxygen atoms in total. The molecule has 4 heteroatoms. The summed E-state index contributed by atoms with van der Waals surface area (Å²) in [6.45, 7) is 3.86. The molecule has 18 heavy (non-hydrogen) atoms. The molecule has 0 radical (unpaired) electrons. The molecule has 1 rings (SSSR count). The van der Waals surface area contributed by atoms with Crippen molar-refractivity contribution in [1.82, 2.24) is 0 Å². The van der Waals surface area contributed by atoms with Gasteiger partial charge in [-0.1, -0.05) is 19.1 Å². The lowest BCUT2D eigenvalue weighted by Crippen LogP contribution is -2.42. The third kappa shape index (κ3) is 3.01. The van der Waals surface area contributed by atoms with E-state index >= 15 is 0 Å². The molecule has 0 saturated carbocycles. The van der Waals surface area contributed by atoms with E-state index in [1.807, 2.05) is 38.1 Å². The van der Waals surface area contributed by atoms with Crippen LogP contribution in [0.25, 0.3) is 0 Å². The van der Waals surface area contributed by atoms with Gasteiger partial charge in [0.1, 0.15) is 5.75 Å². The number of methoxy groups -OCH3 is 2. The molecule has 100 valence electrons. The number of carbonyl (C=O) groups is 1. The van der Waals surface area contributed by atoms with E-state index in [9.17, 15) is 4.79 Å². The van der Waals surface area contributed by atoms with Crippen LogP contribution in [0.2, 0.25) is 0 Å². The van der Waals surface area contributed by atoms with Gasteiger partial charge in [-0.05, 0) is 24.6 Å². The molecule has 0 aliphatic rings. The second-order valence-electron chi connectivity index (χ2n) is 4.69. The van der Waals surface area contributed by atoms with Crippen molar-refractivity contribution >= 4 is 5.97 Å². The van der Waals surface area contributed by atoms with Crippen LogP contribution in [-0.4, -0.2) is 26.2 Å². The predicted octanol–water partition coefficient (Wildman–Crippen LogP) is 1.86. The highest BCUT2D eigenvalue weighted by atomic mass is 16.5. The Morgan fingerprint density at radius 2 is 1.89 bits per heavy atom. The third-order valence-electron chi connectivity index (χ3n) is 3.49. The summed E-state index contributed by atoms with van der Waals surface area (Å²) in [5.74, 6) is 0.523. The molecule has 2 unspecified atom stereocenters. The minimum atomic E-state index is -0.445. The lowest BCUT2D eigenvalue weighted by atomic mass is 9.74. The first-order valence-corrected chi connectivity index (χ1v) is 5.91. The number of rotatable bonds is 5. The van der Waals surface area contributed by atoms with Crippen LogP contribution in [0.4, 0.5) is 0 Å². The summed E-state index contributed by atoms with van der Waals surface area (Å²) in [6.07, 6.45) is 0.257. The van der Waals surface area contributed by atoms with Gasteiger partial charge in [-0.25, -0.2) is 0 Å². The Hall–Kier alpha value is -1.55. The van der Waals surface area contributed by atoms with Crippen LogP contribution in [0, 0.1) is 0 Å². The molecule has 2 atom stereocenters. The van der Waals surface area contributed by atoms with Gasteiger partial charge in [0, 0.05) is 11.5 Å². The van der Waals surface area contributed by atoms with Crippen molar-refractivity contribution in [3.63, 3.8) is 0 Å².